The first-order valence-electron chi connectivity index (χ1n) is 10.6. The maximum absolute atomic E-state index is 12.3. The van der Waals surface area contributed by atoms with Gasteiger partial charge in [0.05, 0.1) is 10.2 Å². The molecule has 2 unspecified atom stereocenters. The zero-order chi connectivity index (χ0) is 22.9. The van der Waals surface area contributed by atoms with Crippen LogP contribution in [-0.2, 0) is 4.74 Å². The van der Waals surface area contributed by atoms with E-state index in [0.717, 1.165) is 33.6 Å². The second-order valence-corrected chi connectivity index (χ2v) is 9.00. The smallest absolute Gasteiger partial charge is 0.407 e. The van der Waals surface area contributed by atoms with Crippen LogP contribution in [0.15, 0.2) is 71.5 Å². The largest absolute Gasteiger partial charge is 0.449 e. The third-order valence-electron chi connectivity index (χ3n) is 5.95. The molecule has 4 N–H and O–H groups in total. The highest BCUT2D eigenvalue weighted by Gasteiger charge is 2.29. The summed E-state index contributed by atoms with van der Waals surface area (Å²) in [5.41, 5.74) is 5.65. The van der Waals surface area contributed by atoms with Gasteiger partial charge < -0.3 is 25.3 Å². The number of alkyl carbamates (subject to hydrolysis) is 1. The fraction of sp³-hybridized carbons (Fsp3) is 0.200. The molecule has 0 aliphatic heterocycles. The molecule has 7 nitrogen and oxygen atoms in total. The van der Waals surface area contributed by atoms with Gasteiger partial charge in [-0.3, -0.25) is 4.79 Å². The molecule has 5 rings (SSSR count). The van der Waals surface area contributed by atoms with Crippen molar-refractivity contribution >= 4 is 27.6 Å². The normalized spacial score (nSPS) is 14.5. The zero-order valence-corrected chi connectivity index (χ0v) is 18.3. The molecule has 3 aromatic carbocycles. The summed E-state index contributed by atoms with van der Waals surface area (Å²) in [7, 11) is 0. The Kier molecular flexibility index (Phi) is 5.72. The van der Waals surface area contributed by atoms with Crippen LogP contribution in [0.2, 0.25) is 0 Å². The minimum atomic E-state index is -1.24. The van der Waals surface area contributed by atoms with E-state index in [2.05, 4.69) is 22.4 Å². The summed E-state index contributed by atoms with van der Waals surface area (Å²) in [6, 6.07) is 21.1. The zero-order valence-electron chi connectivity index (χ0n) is 17.5. The predicted molar refractivity (Wildman–Crippen MR) is 126 cm³/mol. The first-order chi connectivity index (χ1) is 16.0. The average Bonchev–Trinajstić information content (AvgIpc) is 3.37. The number of benzene rings is 3. The van der Waals surface area contributed by atoms with E-state index >= 15 is 0 Å². The van der Waals surface area contributed by atoms with Crippen molar-refractivity contribution in [2.45, 2.75) is 18.1 Å². The van der Waals surface area contributed by atoms with Crippen molar-refractivity contribution in [1.29, 1.82) is 0 Å². The molecule has 0 bridgehead atoms. The van der Waals surface area contributed by atoms with Crippen molar-refractivity contribution in [3.05, 3.63) is 93.1 Å². The van der Waals surface area contributed by atoms with Gasteiger partial charge in [-0.05, 0) is 39.9 Å². The van der Waals surface area contributed by atoms with Crippen molar-refractivity contribution in [1.82, 2.24) is 10.3 Å². The Morgan fingerprint density at radius 3 is 2.39 bits per heavy atom. The molecule has 1 amide bonds. The SMILES string of the molecule is O=C(NCC(O)C(O)c1ccc2[nH]c(=O)sc2c1)OCC1c2ccccc2-c2ccccc21. The number of carbonyl (C=O) groups is 1. The lowest BCUT2D eigenvalue weighted by Gasteiger charge is -2.19. The van der Waals surface area contributed by atoms with Crippen LogP contribution in [0, 0.1) is 0 Å². The molecule has 1 aliphatic carbocycles. The maximum Gasteiger partial charge on any atom is 0.407 e. The Labute approximate surface area is 193 Å². The van der Waals surface area contributed by atoms with Crippen LogP contribution in [0.3, 0.4) is 0 Å². The van der Waals surface area contributed by atoms with Gasteiger partial charge in [0.1, 0.15) is 18.8 Å². The van der Waals surface area contributed by atoms with Crippen molar-refractivity contribution in [3.8, 4) is 11.1 Å². The van der Waals surface area contributed by atoms with E-state index in [1.54, 1.807) is 18.2 Å². The van der Waals surface area contributed by atoms with E-state index < -0.39 is 18.3 Å². The number of rotatable bonds is 6. The number of nitrogens with one attached hydrogen (secondary N) is 2. The number of hydrogen-bond acceptors (Lipinski definition) is 6. The van der Waals surface area contributed by atoms with Gasteiger partial charge in [-0.15, -0.1) is 0 Å². The van der Waals surface area contributed by atoms with E-state index in [1.807, 2.05) is 36.4 Å². The van der Waals surface area contributed by atoms with Crippen LogP contribution in [0.1, 0.15) is 28.7 Å². The third kappa shape index (κ3) is 4.16. The first-order valence-corrected chi connectivity index (χ1v) is 11.4. The van der Waals surface area contributed by atoms with Crippen LogP contribution >= 0.6 is 11.3 Å². The molecule has 4 aromatic rings. The molecule has 168 valence electrons. The van der Waals surface area contributed by atoms with Crippen LogP contribution in [-0.4, -0.2) is 40.5 Å². The van der Waals surface area contributed by atoms with Crippen LogP contribution in [0.5, 0.6) is 0 Å². The molecule has 1 aromatic heterocycles. The van der Waals surface area contributed by atoms with Gasteiger partial charge in [-0.25, -0.2) is 4.79 Å². The molecule has 1 aliphatic rings. The highest BCUT2D eigenvalue weighted by molar-refractivity contribution is 7.16. The molecule has 0 saturated carbocycles. The van der Waals surface area contributed by atoms with Crippen molar-refractivity contribution < 1.29 is 19.7 Å². The lowest BCUT2D eigenvalue weighted by molar-refractivity contribution is 0.0186. The van der Waals surface area contributed by atoms with Gasteiger partial charge >= 0.3 is 11.0 Å². The number of carbonyl (C=O) groups excluding carboxylic acids is 1. The minimum Gasteiger partial charge on any atom is -0.449 e. The molecule has 0 saturated heterocycles. The molecule has 33 heavy (non-hydrogen) atoms. The Morgan fingerprint density at radius 1 is 1.03 bits per heavy atom. The average molecular weight is 463 g/mol. The van der Waals surface area contributed by atoms with E-state index in [0.29, 0.717) is 15.8 Å². The summed E-state index contributed by atoms with van der Waals surface area (Å²) in [4.78, 5) is 26.3. The standard InChI is InChI=1S/C25H22N2O5S/c28-21(23(29)14-9-10-20-22(11-14)33-25(31)27-20)12-26-24(30)32-13-19-17-7-3-1-5-15(17)16-6-2-4-8-18(16)19/h1-11,19,21,23,28-29H,12-13H2,(H,26,30)(H,27,31). The van der Waals surface area contributed by atoms with Crippen molar-refractivity contribution in [3.63, 3.8) is 0 Å². The van der Waals surface area contributed by atoms with E-state index in [1.165, 1.54) is 0 Å². The Bertz CT molecular complexity index is 1330. The van der Waals surface area contributed by atoms with Gasteiger partial charge in [0.2, 0.25) is 0 Å². The van der Waals surface area contributed by atoms with Crippen molar-refractivity contribution in [2.24, 2.45) is 0 Å². The number of H-pyrrole nitrogens is 1. The Hall–Kier alpha value is -3.46. The number of thiazole rings is 1. The predicted octanol–water partition coefficient (Wildman–Crippen LogP) is 3.52. The highest BCUT2D eigenvalue weighted by Crippen LogP contribution is 2.44. The monoisotopic (exact) mass is 462 g/mol. The number of aliphatic hydroxyl groups excluding tert-OH is 2. The van der Waals surface area contributed by atoms with Gasteiger partial charge in [0.25, 0.3) is 0 Å². The minimum absolute atomic E-state index is 0.0566. The summed E-state index contributed by atoms with van der Waals surface area (Å²) in [5.74, 6) is -0.0566. The second-order valence-electron chi connectivity index (χ2n) is 7.99. The molecule has 8 heteroatoms. The summed E-state index contributed by atoms with van der Waals surface area (Å²) < 4.78 is 6.14. The second kappa shape index (κ2) is 8.82. The molecule has 0 spiro atoms. The molecule has 0 fully saturated rings. The van der Waals surface area contributed by atoms with Crippen LogP contribution in [0.4, 0.5) is 4.79 Å². The van der Waals surface area contributed by atoms with E-state index in [-0.39, 0.29) is 23.9 Å². The van der Waals surface area contributed by atoms with Crippen LogP contribution in [0.25, 0.3) is 21.3 Å². The van der Waals surface area contributed by atoms with Gasteiger partial charge in [-0.1, -0.05) is 65.9 Å². The Morgan fingerprint density at radius 2 is 1.70 bits per heavy atom. The summed E-state index contributed by atoms with van der Waals surface area (Å²) >= 11 is 1.03. The quantitative estimate of drug-likeness (QED) is 0.350. The number of aromatic amines is 1. The maximum atomic E-state index is 12.3. The van der Waals surface area contributed by atoms with Gasteiger partial charge in [0.15, 0.2) is 0 Å². The van der Waals surface area contributed by atoms with Crippen molar-refractivity contribution in [2.75, 3.05) is 13.2 Å². The summed E-state index contributed by atoms with van der Waals surface area (Å²) in [6.07, 6.45) is -3.12. The first kappa shape index (κ1) is 21.4. The molecule has 2 atom stereocenters. The fourth-order valence-electron chi connectivity index (χ4n) is 4.32. The number of ether oxygens (including phenoxy) is 1. The lowest BCUT2D eigenvalue weighted by atomic mass is 9.98. The van der Waals surface area contributed by atoms with Gasteiger partial charge in [0, 0.05) is 12.5 Å². The number of hydrogen-bond donors (Lipinski definition) is 4. The number of fused-ring (bicyclic) bond motifs is 4. The third-order valence-corrected chi connectivity index (χ3v) is 6.80. The fourth-order valence-corrected chi connectivity index (χ4v) is 5.10. The molecular formula is C25H22N2O5S. The molecule has 1 heterocycles. The Balaban J connectivity index is 1.19. The lowest BCUT2D eigenvalue weighted by Crippen LogP contribution is -2.36. The molecule has 0 radical (unpaired) electrons. The topological polar surface area (TPSA) is 112 Å². The summed E-state index contributed by atoms with van der Waals surface area (Å²) in [6.45, 7) is -0.0131. The van der Waals surface area contributed by atoms with E-state index in [9.17, 15) is 19.8 Å². The number of aromatic nitrogens is 1. The highest BCUT2D eigenvalue weighted by atomic mass is 32.1. The number of aliphatic hydroxyl groups is 2. The number of amides is 1. The molecular weight excluding hydrogens is 440 g/mol. The van der Waals surface area contributed by atoms with E-state index in [4.69, 9.17) is 4.74 Å². The summed E-state index contributed by atoms with van der Waals surface area (Å²) in [5, 5.41) is 23.3. The van der Waals surface area contributed by atoms with Gasteiger partial charge in [-0.2, -0.15) is 0 Å². The van der Waals surface area contributed by atoms with Crippen LogP contribution < -0.4 is 10.2 Å².